The lowest BCUT2D eigenvalue weighted by Crippen LogP contribution is -2.19. The summed E-state index contributed by atoms with van der Waals surface area (Å²) in [7, 11) is 1.59. The number of rotatable bonds is 7. The van der Waals surface area contributed by atoms with Crippen molar-refractivity contribution in [1.82, 2.24) is 5.32 Å². The molecule has 0 bridgehead atoms. The molecule has 1 amide bonds. The molecule has 4 nitrogen and oxygen atoms in total. The molecule has 0 saturated carbocycles. The fourth-order valence-electron chi connectivity index (χ4n) is 1.92. The van der Waals surface area contributed by atoms with Crippen molar-refractivity contribution in [2.45, 2.75) is 13.5 Å². The predicted molar refractivity (Wildman–Crippen MR) is 94.4 cm³/mol. The normalized spacial score (nSPS) is 10.7. The van der Waals surface area contributed by atoms with Crippen LogP contribution in [0, 0.1) is 0 Å². The SMILES string of the molecule is CCOc1cc(/C=C/C(=O)NCc2ccc(Cl)s2)ccc1OC. The molecule has 1 aromatic carbocycles. The van der Waals surface area contributed by atoms with Crippen LogP contribution in [0.15, 0.2) is 36.4 Å². The van der Waals surface area contributed by atoms with Gasteiger partial charge in [-0.25, -0.2) is 0 Å². The van der Waals surface area contributed by atoms with Gasteiger partial charge in [-0.05, 0) is 42.8 Å². The number of methoxy groups -OCH3 is 1. The summed E-state index contributed by atoms with van der Waals surface area (Å²) in [4.78, 5) is 12.9. The van der Waals surface area contributed by atoms with E-state index in [1.165, 1.54) is 17.4 Å². The van der Waals surface area contributed by atoms with E-state index in [2.05, 4.69) is 5.32 Å². The molecule has 23 heavy (non-hydrogen) atoms. The van der Waals surface area contributed by atoms with Crippen molar-refractivity contribution in [3.8, 4) is 11.5 Å². The van der Waals surface area contributed by atoms with Crippen LogP contribution >= 0.6 is 22.9 Å². The molecule has 1 aromatic heterocycles. The summed E-state index contributed by atoms with van der Waals surface area (Å²) in [5.41, 5.74) is 0.864. The second-order valence-corrected chi connectivity index (χ2v) is 6.40. The smallest absolute Gasteiger partial charge is 0.244 e. The van der Waals surface area contributed by atoms with Gasteiger partial charge in [-0.3, -0.25) is 4.79 Å². The lowest BCUT2D eigenvalue weighted by molar-refractivity contribution is -0.116. The average molecular weight is 352 g/mol. The molecule has 0 aliphatic carbocycles. The number of hydrogen-bond donors (Lipinski definition) is 1. The minimum absolute atomic E-state index is 0.164. The van der Waals surface area contributed by atoms with Crippen molar-refractivity contribution in [2.75, 3.05) is 13.7 Å². The van der Waals surface area contributed by atoms with E-state index in [0.717, 1.165) is 10.4 Å². The van der Waals surface area contributed by atoms with E-state index in [-0.39, 0.29) is 5.91 Å². The zero-order valence-electron chi connectivity index (χ0n) is 13.0. The number of ether oxygens (including phenoxy) is 2. The van der Waals surface area contributed by atoms with Crippen LogP contribution < -0.4 is 14.8 Å². The summed E-state index contributed by atoms with van der Waals surface area (Å²) in [6, 6.07) is 9.23. The Morgan fingerprint density at radius 2 is 2.13 bits per heavy atom. The molecular weight excluding hydrogens is 334 g/mol. The zero-order chi connectivity index (χ0) is 16.7. The van der Waals surface area contributed by atoms with Crippen LogP contribution in [-0.4, -0.2) is 19.6 Å². The summed E-state index contributed by atoms with van der Waals surface area (Å²) in [5.74, 6) is 1.16. The second-order valence-electron chi connectivity index (χ2n) is 4.60. The highest BCUT2D eigenvalue weighted by atomic mass is 35.5. The molecule has 0 unspecified atom stereocenters. The Bertz CT molecular complexity index is 697. The van der Waals surface area contributed by atoms with Crippen LogP contribution in [0.3, 0.4) is 0 Å². The van der Waals surface area contributed by atoms with Crippen LogP contribution in [0.5, 0.6) is 11.5 Å². The highest BCUT2D eigenvalue weighted by molar-refractivity contribution is 7.16. The largest absolute Gasteiger partial charge is 0.493 e. The molecule has 6 heteroatoms. The van der Waals surface area contributed by atoms with Gasteiger partial charge in [0, 0.05) is 11.0 Å². The third-order valence-corrected chi connectivity index (χ3v) is 4.21. The molecule has 2 rings (SSSR count). The van der Waals surface area contributed by atoms with Gasteiger partial charge in [0.25, 0.3) is 0 Å². The highest BCUT2D eigenvalue weighted by Crippen LogP contribution is 2.28. The van der Waals surface area contributed by atoms with E-state index >= 15 is 0 Å². The third-order valence-electron chi connectivity index (χ3n) is 2.98. The van der Waals surface area contributed by atoms with Gasteiger partial charge in [0.05, 0.1) is 24.6 Å². The van der Waals surface area contributed by atoms with Gasteiger partial charge in [-0.1, -0.05) is 17.7 Å². The lowest BCUT2D eigenvalue weighted by Gasteiger charge is -2.09. The first-order valence-corrected chi connectivity index (χ1v) is 8.32. The number of carbonyl (C=O) groups is 1. The van der Waals surface area contributed by atoms with Crippen molar-refractivity contribution >= 4 is 34.9 Å². The molecule has 2 aromatic rings. The zero-order valence-corrected chi connectivity index (χ0v) is 14.5. The van der Waals surface area contributed by atoms with Crippen molar-refractivity contribution in [2.24, 2.45) is 0 Å². The van der Waals surface area contributed by atoms with Crippen LogP contribution in [0.1, 0.15) is 17.4 Å². The van der Waals surface area contributed by atoms with Crippen molar-refractivity contribution < 1.29 is 14.3 Å². The number of hydrogen-bond acceptors (Lipinski definition) is 4. The minimum atomic E-state index is -0.164. The standard InChI is InChI=1S/C17H18ClNO3S/c1-3-22-15-10-12(4-7-14(15)21-2)5-9-17(20)19-11-13-6-8-16(18)23-13/h4-10H,3,11H2,1-2H3,(H,19,20)/b9-5+. The van der Waals surface area contributed by atoms with E-state index in [1.54, 1.807) is 13.2 Å². The van der Waals surface area contributed by atoms with Crippen LogP contribution in [0.2, 0.25) is 4.34 Å². The Morgan fingerprint density at radius 1 is 1.30 bits per heavy atom. The molecule has 0 fully saturated rings. The van der Waals surface area contributed by atoms with E-state index in [1.807, 2.05) is 37.3 Å². The first-order valence-electron chi connectivity index (χ1n) is 7.13. The molecule has 0 radical (unpaired) electrons. The molecule has 0 spiro atoms. The van der Waals surface area contributed by atoms with Crippen LogP contribution in [0.4, 0.5) is 0 Å². The van der Waals surface area contributed by atoms with Gasteiger partial charge in [-0.15, -0.1) is 11.3 Å². The summed E-state index contributed by atoms with van der Waals surface area (Å²) >= 11 is 7.30. The first kappa shape index (κ1) is 17.4. The summed E-state index contributed by atoms with van der Waals surface area (Å²) < 4.78 is 11.5. The summed E-state index contributed by atoms with van der Waals surface area (Å²) in [6.07, 6.45) is 3.23. The summed E-state index contributed by atoms with van der Waals surface area (Å²) in [5, 5.41) is 2.81. The monoisotopic (exact) mass is 351 g/mol. The quantitative estimate of drug-likeness (QED) is 0.763. The predicted octanol–water partition coefficient (Wildman–Crippen LogP) is 4.14. The Morgan fingerprint density at radius 3 is 2.78 bits per heavy atom. The van der Waals surface area contributed by atoms with Gasteiger partial charge in [0.2, 0.25) is 5.91 Å². The number of halogens is 1. The van der Waals surface area contributed by atoms with Gasteiger partial charge in [0.15, 0.2) is 11.5 Å². The Labute approximate surface area is 144 Å². The van der Waals surface area contributed by atoms with Gasteiger partial charge in [-0.2, -0.15) is 0 Å². The summed E-state index contributed by atoms with van der Waals surface area (Å²) in [6.45, 7) is 2.92. The van der Waals surface area contributed by atoms with Crippen molar-refractivity contribution in [3.63, 3.8) is 0 Å². The van der Waals surface area contributed by atoms with E-state index in [9.17, 15) is 4.79 Å². The lowest BCUT2D eigenvalue weighted by atomic mass is 10.2. The maximum atomic E-state index is 11.8. The minimum Gasteiger partial charge on any atom is -0.493 e. The van der Waals surface area contributed by atoms with E-state index in [4.69, 9.17) is 21.1 Å². The molecule has 1 heterocycles. The van der Waals surface area contributed by atoms with Gasteiger partial charge >= 0.3 is 0 Å². The first-order chi connectivity index (χ1) is 11.1. The molecule has 0 aliphatic rings. The molecule has 0 saturated heterocycles. The maximum Gasteiger partial charge on any atom is 0.244 e. The molecule has 1 N–H and O–H groups in total. The number of carbonyl (C=O) groups excluding carboxylic acids is 1. The van der Waals surface area contributed by atoms with Crippen LogP contribution in [0.25, 0.3) is 6.08 Å². The fourth-order valence-corrected chi connectivity index (χ4v) is 2.94. The molecule has 0 atom stereocenters. The third kappa shape index (κ3) is 5.30. The van der Waals surface area contributed by atoms with Crippen molar-refractivity contribution in [1.29, 1.82) is 0 Å². The molecular formula is C17H18ClNO3S. The average Bonchev–Trinajstić information content (AvgIpc) is 2.97. The van der Waals surface area contributed by atoms with Crippen LogP contribution in [-0.2, 0) is 11.3 Å². The Hall–Kier alpha value is -1.98. The maximum absolute atomic E-state index is 11.8. The highest BCUT2D eigenvalue weighted by Gasteiger charge is 2.04. The molecule has 0 aliphatic heterocycles. The number of nitrogens with one attached hydrogen (secondary N) is 1. The Balaban J connectivity index is 1.95. The van der Waals surface area contributed by atoms with Crippen molar-refractivity contribution in [3.05, 3.63) is 51.2 Å². The van der Waals surface area contributed by atoms with E-state index < -0.39 is 0 Å². The van der Waals surface area contributed by atoms with Gasteiger partial charge < -0.3 is 14.8 Å². The Kier molecular flexibility index (Phi) is 6.50. The second kappa shape index (κ2) is 8.60. The molecule has 122 valence electrons. The number of benzene rings is 1. The van der Waals surface area contributed by atoms with E-state index in [0.29, 0.717) is 29.0 Å². The number of thiophene rings is 1. The number of amides is 1. The topological polar surface area (TPSA) is 47.6 Å². The fraction of sp³-hybridized carbons (Fsp3) is 0.235. The van der Waals surface area contributed by atoms with Gasteiger partial charge in [0.1, 0.15) is 0 Å².